The van der Waals surface area contributed by atoms with E-state index in [1.165, 1.54) is 11.1 Å². The molecule has 0 N–H and O–H groups in total. The third-order valence-corrected chi connectivity index (χ3v) is 3.55. The molecule has 2 aliphatic rings. The predicted octanol–water partition coefficient (Wildman–Crippen LogP) is 1.97. The summed E-state index contributed by atoms with van der Waals surface area (Å²) >= 11 is 0. The summed E-state index contributed by atoms with van der Waals surface area (Å²) in [6, 6.07) is 6.27. The van der Waals surface area contributed by atoms with Gasteiger partial charge in [-0.3, -0.25) is 0 Å². The Kier molecular flexibility index (Phi) is 3.35. The van der Waals surface area contributed by atoms with E-state index >= 15 is 0 Å². The van der Waals surface area contributed by atoms with Crippen LogP contribution in [0.2, 0.25) is 0 Å². The van der Waals surface area contributed by atoms with Gasteiger partial charge in [0, 0.05) is 18.7 Å². The molecule has 0 aromatic heterocycles. The quantitative estimate of drug-likeness (QED) is 0.812. The van der Waals surface area contributed by atoms with E-state index in [-0.39, 0.29) is 6.10 Å². The number of morpholine rings is 1. The lowest BCUT2D eigenvalue weighted by atomic mass is 10.1. The first-order chi connectivity index (χ1) is 8.83. The minimum atomic E-state index is 0.185. The molecule has 0 bridgehead atoms. The van der Waals surface area contributed by atoms with E-state index in [2.05, 4.69) is 36.2 Å². The van der Waals surface area contributed by atoms with Crippen molar-refractivity contribution in [2.24, 2.45) is 0 Å². The van der Waals surface area contributed by atoms with Gasteiger partial charge in [-0.05, 0) is 25.1 Å². The van der Waals surface area contributed by atoms with Crippen LogP contribution in [0.5, 0.6) is 5.75 Å². The van der Waals surface area contributed by atoms with Crippen LogP contribution in [0, 0.1) is 0 Å². The maximum absolute atomic E-state index is 5.93. The Morgan fingerprint density at radius 2 is 2.39 bits per heavy atom. The minimum Gasteiger partial charge on any atom is -0.490 e. The van der Waals surface area contributed by atoms with Crippen molar-refractivity contribution < 1.29 is 9.47 Å². The van der Waals surface area contributed by atoms with Gasteiger partial charge in [0.15, 0.2) is 0 Å². The highest BCUT2D eigenvalue weighted by Crippen LogP contribution is 2.29. The lowest BCUT2D eigenvalue weighted by Crippen LogP contribution is -2.42. The molecule has 0 spiro atoms. The number of likely N-dealkylation sites (N-methyl/N-ethyl adjacent to an activating group) is 1. The Hall–Kier alpha value is -1.32. The van der Waals surface area contributed by atoms with Crippen LogP contribution in [0.25, 0.3) is 6.08 Å². The average Bonchev–Trinajstić information content (AvgIpc) is 2.85. The number of nitrogens with zero attached hydrogens (tertiary/aromatic N) is 1. The number of fused-ring (bicyclic) bond motifs is 1. The highest BCUT2D eigenvalue weighted by molar-refractivity contribution is 5.66. The Balaban J connectivity index is 1.63. The monoisotopic (exact) mass is 245 g/mol. The topological polar surface area (TPSA) is 21.7 Å². The largest absolute Gasteiger partial charge is 0.490 e. The highest BCUT2D eigenvalue weighted by atomic mass is 16.5. The maximum atomic E-state index is 5.93. The molecule has 0 radical (unpaired) electrons. The molecule has 1 atom stereocenters. The molecule has 1 aliphatic carbocycles. The van der Waals surface area contributed by atoms with E-state index in [0.29, 0.717) is 6.61 Å². The van der Waals surface area contributed by atoms with E-state index in [9.17, 15) is 0 Å². The molecule has 3 rings (SSSR count). The molecule has 1 aliphatic heterocycles. The molecule has 0 amide bonds. The molecule has 96 valence electrons. The third kappa shape index (κ3) is 2.42. The molecule has 0 saturated carbocycles. The third-order valence-electron chi connectivity index (χ3n) is 3.55. The van der Waals surface area contributed by atoms with Gasteiger partial charge in [-0.15, -0.1) is 0 Å². The summed E-state index contributed by atoms with van der Waals surface area (Å²) in [6.45, 7) is 3.40. The zero-order chi connectivity index (χ0) is 12.4. The second kappa shape index (κ2) is 5.12. The van der Waals surface area contributed by atoms with Crippen LogP contribution >= 0.6 is 0 Å². The Labute approximate surface area is 108 Å². The molecule has 3 heteroatoms. The van der Waals surface area contributed by atoms with Crippen LogP contribution in [-0.2, 0) is 11.2 Å². The van der Waals surface area contributed by atoms with Gasteiger partial charge in [0.05, 0.1) is 6.61 Å². The van der Waals surface area contributed by atoms with Gasteiger partial charge < -0.3 is 14.4 Å². The van der Waals surface area contributed by atoms with Crippen molar-refractivity contribution in [3.05, 3.63) is 35.4 Å². The second-order valence-corrected chi connectivity index (χ2v) is 5.00. The number of ether oxygens (including phenoxy) is 2. The first-order valence-electron chi connectivity index (χ1n) is 6.54. The second-order valence-electron chi connectivity index (χ2n) is 5.00. The van der Waals surface area contributed by atoms with Gasteiger partial charge in [-0.1, -0.05) is 24.3 Å². The summed E-state index contributed by atoms with van der Waals surface area (Å²) in [5.41, 5.74) is 2.59. The Morgan fingerprint density at radius 3 is 3.28 bits per heavy atom. The van der Waals surface area contributed by atoms with E-state index in [1.807, 2.05) is 6.07 Å². The molecule has 1 aromatic rings. The fourth-order valence-electron chi connectivity index (χ4n) is 2.54. The zero-order valence-corrected chi connectivity index (χ0v) is 10.8. The van der Waals surface area contributed by atoms with Crippen LogP contribution < -0.4 is 4.74 Å². The first-order valence-corrected chi connectivity index (χ1v) is 6.54. The standard InChI is InChI=1S/C15H19NO2/c1-16-8-9-17-13(10-16)11-18-15-7-3-5-12-4-2-6-14(12)15/h2-3,5-7,13H,4,8-11H2,1H3. The molecular weight excluding hydrogens is 226 g/mol. The smallest absolute Gasteiger partial charge is 0.126 e. The van der Waals surface area contributed by atoms with Crippen molar-refractivity contribution in [2.75, 3.05) is 33.4 Å². The van der Waals surface area contributed by atoms with Crippen LogP contribution in [-0.4, -0.2) is 44.4 Å². The normalized spacial score (nSPS) is 23.1. The highest BCUT2D eigenvalue weighted by Gasteiger charge is 2.19. The Bertz CT molecular complexity index is 456. The number of hydrogen-bond acceptors (Lipinski definition) is 3. The van der Waals surface area contributed by atoms with Crippen LogP contribution in [0.1, 0.15) is 11.1 Å². The van der Waals surface area contributed by atoms with Crippen LogP contribution in [0.3, 0.4) is 0 Å². The van der Waals surface area contributed by atoms with Crippen molar-refractivity contribution in [3.63, 3.8) is 0 Å². The maximum Gasteiger partial charge on any atom is 0.126 e. The van der Waals surface area contributed by atoms with Crippen molar-refractivity contribution in [1.29, 1.82) is 0 Å². The molecule has 1 aromatic carbocycles. The Morgan fingerprint density at radius 1 is 1.44 bits per heavy atom. The number of hydrogen-bond donors (Lipinski definition) is 0. The summed E-state index contributed by atoms with van der Waals surface area (Å²) in [5, 5.41) is 0. The van der Waals surface area contributed by atoms with Crippen molar-refractivity contribution >= 4 is 6.08 Å². The van der Waals surface area contributed by atoms with Crippen molar-refractivity contribution in [2.45, 2.75) is 12.5 Å². The SMILES string of the molecule is CN1CCOC(COc2cccc3c2C=CC3)C1. The van der Waals surface area contributed by atoms with Crippen LogP contribution in [0.15, 0.2) is 24.3 Å². The molecule has 1 unspecified atom stereocenters. The van der Waals surface area contributed by atoms with E-state index in [0.717, 1.165) is 31.9 Å². The summed E-state index contributed by atoms with van der Waals surface area (Å²) in [5.74, 6) is 0.984. The van der Waals surface area contributed by atoms with Crippen molar-refractivity contribution in [3.8, 4) is 5.75 Å². The molecule has 1 fully saturated rings. The summed E-state index contributed by atoms with van der Waals surface area (Å²) < 4.78 is 11.6. The lowest BCUT2D eigenvalue weighted by Gasteiger charge is -2.30. The van der Waals surface area contributed by atoms with Gasteiger partial charge in [0.25, 0.3) is 0 Å². The van der Waals surface area contributed by atoms with E-state index in [1.54, 1.807) is 0 Å². The average molecular weight is 245 g/mol. The summed E-state index contributed by atoms with van der Waals surface area (Å²) in [6.07, 6.45) is 5.54. The first kappa shape index (κ1) is 11.8. The fraction of sp³-hybridized carbons (Fsp3) is 0.467. The van der Waals surface area contributed by atoms with Gasteiger partial charge in [0.1, 0.15) is 18.5 Å². The van der Waals surface area contributed by atoms with Crippen LogP contribution in [0.4, 0.5) is 0 Å². The molecule has 3 nitrogen and oxygen atoms in total. The van der Waals surface area contributed by atoms with Gasteiger partial charge in [-0.25, -0.2) is 0 Å². The molecule has 1 heterocycles. The molecule has 18 heavy (non-hydrogen) atoms. The van der Waals surface area contributed by atoms with Gasteiger partial charge in [0.2, 0.25) is 0 Å². The molecular formula is C15H19NO2. The number of benzene rings is 1. The van der Waals surface area contributed by atoms with Gasteiger partial charge in [-0.2, -0.15) is 0 Å². The number of allylic oxidation sites excluding steroid dienone is 1. The van der Waals surface area contributed by atoms with E-state index < -0.39 is 0 Å². The molecule has 1 saturated heterocycles. The van der Waals surface area contributed by atoms with Crippen molar-refractivity contribution in [1.82, 2.24) is 4.90 Å². The summed E-state index contributed by atoms with van der Waals surface area (Å²) in [4.78, 5) is 2.28. The predicted molar refractivity (Wildman–Crippen MR) is 71.9 cm³/mol. The van der Waals surface area contributed by atoms with Gasteiger partial charge >= 0.3 is 0 Å². The number of rotatable bonds is 3. The minimum absolute atomic E-state index is 0.185. The fourth-order valence-corrected chi connectivity index (χ4v) is 2.54. The lowest BCUT2D eigenvalue weighted by molar-refractivity contribution is -0.0403. The summed E-state index contributed by atoms with van der Waals surface area (Å²) in [7, 11) is 2.12. The zero-order valence-electron chi connectivity index (χ0n) is 10.8. The van der Waals surface area contributed by atoms with E-state index in [4.69, 9.17) is 9.47 Å².